The molecule has 0 aromatic heterocycles. The second kappa shape index (κ2) is 5.72. The summed E-state index contributed by atoms with van der Waals surface area (Å²) in [4.78, 5) is 0. The molecule has 1 aromatic rings. The number of aryl methyl sites for hydroxylation is 2. The Labute approximate surface area is 105 Å². The van der Waals surface area contributed by atoms with E-state index in [9.17, 15) is 0 Å². The molecule has 92 valence electrons. The monoisotopic (exact) mass is 230 g/mol. The topological polar surface area (TPSA) is 35.8 Å². The average molecular weight is 230 g/mol. The highest BCUT2D eigenvalue weighted by Crippen LogP contribution is 2.23. The van der Waals surface area contributed by atoms with E-state index in [0.29, 0.717) is 6.42 Å². The van der Waals surface area contributed by atoms with Crippen molar-refractivity contribution < 1.29 is 0 Å². The minimum absolute atomic E-state index is 0.161. The van der Waals surface area contributed by atoms with Gasteiger partial charge >= 0.3 is 0 Å². The molecule has 0 saturated carbocycles. The first-order valence-corrected chi connectivity index (χ1v) is 6.13. The Morgan fingerprint density at radius 2 is 1.94 bits per heavy atom. The van der Waals surface area contributed by atoms with Crippen molar-refractivity contribution in [3.8, 4) is 6.07 Å². The van der Waals surface area contributed by atoms with Gasteiger partial charge in [-0.05, 0) is 48.9 Å². The number of benzene rings is 1. The standard InChI is InChI=1S/C15H22N2/c1-12-6-7-14(10-13(12)2)17-11-15(3,4)8-5-9-16/h6-7,10,17H,5,8,11H2,1-4H3. The Kier molecular flexibility index (Phi) is 4.57. The maximum atomic E-state index is 8.61. The van der Waals surface area contributed by atoms with Gasteiger partial charge in [0.2, 0.25) is 0 Å². The fourth-order valence-corrected chi connectivity index (χ4v) is 1.68. The zero-order valence-electron chi connectivity index (χ0n) is 11.3. The van der Waals surface area contributed by atoms with E-state index >= 15 is 0 Å². The van der Waals surface area contributed by atoms with Crippen LogP contribution in [0.2, 0.25) is 0 Å². The number of rotatable bonds is 5. The van der Waals surface area contributed by atoms with E-state index in [1.807, 2.05) is 0 Å². The van der Waals surface area contributed by atoms with Gasteiger partial charge in [-0.1, -0.05) is 19.9 Å². The largest absolute Gasteiger partial charge is 0.385 e. The van der Waals surface area contributed by atoms with Crippen LogP contribution >= 0.6 is 0 Å². The third-order valence-electron chi connectivity index (χ3n) is 3.19. The fourth-order valence-electron chi connectivity index (χ4n) is 1.68. The molecule has 0 aliphatic rings. The van der Waals surface area contributed by atoms with Crippen LogP contribution in [0, 0.1) is 30.6 Å². The lowest BCUT2D eigenvalue weighted by Crippen LogP contribution is -2.22. The number of nitrogens with zero attached hydrogens (tertiary/aromatic N) is 1. The maximum Gasteiger partial charge on any atom is 0.0621 e. The summed E-state index contributed by atoms with van der Waals surface area (Å²) in [5.41, 5.74) is 3.95. The molecule has 0 atom stereocenters. The highest BCUT2D eigenvalue weighted by molar-refractivity contribution is 5.48. The zero-order chi connectivity index (χ0) is 12.9. The Hall–Kier alpha value is -1.49. The summed E-state index contributed by atoms with van der Waals surface area (Å²) < 4.78 is 0. The molecule has 0 spiro atoms. The number of nitriles is 1. The van der Waals surface area contributed by atoms with Crippen LogP contribution in [0.1, 0.15) is 37.8 Å². The molecule has 0 saturated heterocycles. The minimum atomic E-state index is 0.161. The molecule has 1 N–H and O–H groups in total. The lowest BCUT2D eigenvalue weighted by molar-refractivity contribution is 0.364. The molecular formula is C15H22N2. The molecule has 2 nitrogen and oxygen atoms in total. The van der Waals surface area contributed by atoms with Gasteiger partial charge in [-0.25, -0.2) is 0 Å². The van der Waals surface area contributed by atoms with Crippen molar-refractivity contribution >= 4 is 5.69 Å². The first-order valence-electron chi connectivity index (χ1n) is 6.13. The Morgan fingerprint density at radius 3 is 2.53 bits per heavy atom. The molecular weight excluding hydrogens is 208 g/mol. The van der Waals surface area contributed by atoms with Crippen LogP contribution in [0.5, 0.6) is 0 Å². The van der Waals surface area contributed by atoms with Gasteiger partial charge in [0.25, 0.3) is 0 Å². The van der Waals surface area contributed by atoms with Crippen LogP contribution in [0.15, 0.2) is 18.2 Å². The van der Waals surface area contributed by atoms with E-state index in [1.54, 1.807) is 0 Å². The molecule has 1 aromatic carbocycles. The van der Waals surface area contributed by atoms with E-state index < -0.39 is 0 Å². The summed E-state index contributed by atoms with van der Waals surface area (Å²) in [6, 6.07) is 8.64. The second-order valence-electron chi connectivity index (χ2n) is 5.47. The van der Waals surface area contributed by atoms with Gasteiger partial charge in [-0.3, -0.25) is 0 Å². The molecule has 0 aliphatic heterocycles. The summed E-state index contributed by atoms with van der Waals surface area (Å²) in [6.45, 7) is 9.53. The molecule has 17 heavy (non-hydrogen) atoms. The van der Waals surface area contributed by atoms with Gasteiger partial charge in [-0.2, -0.15) is 5.26 Å². The zero-order valence-corrected chi connectivity index (χ0v) is 11.3. The van der Waals surface area contributed by atoms with E-state index in [4.69, 9.17) is 5.26 Å². The van der Waals surface area contributed by atoms with Crippen molar-refractivity contribution in [2.75, 3.05) is 11.9 Å². The average Bonchev–Trinajstić information content (AvgIpc) is 2.28. The van der Waals surface area contributed by atoms with Crippen molar-refractivity contribution in [1.29, 1.82) is 5.26 Å². The normalized spacial score (nSPS) is 11.0. The van der Waals surface area contributed by atoms with Crippen molar-refractivity contribution in [1.82, 2.24) is 0 Å². The number of nitrogens with one attached hydrogen (secondary N) is 1. The SMILES string of the molecule is Cc1ccc(NCC(C)(C)CCC#N)cc1C. The van der Waals surface area contributed by atoms with Crippen molar-refractivity contribution in [2.45, 2.75) is 40.5 Å². The van der Waals surface area contributed by atoms with E-state index in [2.05, 4.69) is 57.3 Å². The summed E-state index contributed by atoms with van der Waals surface area (Å²) in [7, 11) is 0. The predicted molar refractivity (Wildman–Crippen MR) is 73.0 cm³/mol. The van der Waals surface area contributed by atoms with E-state index in [-0.39, 0.29) is 5.41 Å². The lowest BCUT2D eigenvalue weighted by Gasteiger charge is -2.24. The smallest absolute Gasteiger partial charge is 0.0621 e. The van der Waals surface area contributed by atoms with E-state index in [0.717, 1.165) is 18.7 Å². The van der Waals surface area contributed by atoms with Crippen molar-refractivity contribution in [2.24, 2.45) is 5.41 Å². The third kappa shape index (κ3) is 4.48. The van der Waals surface area contributed by atoms with Crippen LogP contribution in [0.25, 0.3) is 0 Å². The van der Waals surface area contributed by atoms with Crippen LogP contribution in [0.4, 0.5) is 5.69 Å². The second-order valence-corrected chi connectivity index (χ2v) is 5.47. The Balaban J connectivity index is 2.55. The molecule has 0 fully saturated rings. The summed E-state index contributed by atoms with van der Waals surface area (Å²) in [5, 5.41) is 12.1. The van der Waals surface area contributed by atoms with Crippen molar-refractivity contribution in [3.63, 3.8) is 0 Å². The Morgan fingerprint density at radius 1 is 1.24 bits per heavy atom. The molecule has 0 bridgehead atoms. The van der Waals surface area contributed by atoms with Gasteiger partial charge in [0, 0.05) is 18.7 Å². The summed E-state index contributed by atoms with van der Waals surface area (Å²) >= 11 is 0. The molecule has 0 heterocycles. The molecule has 0 unspecified atom stereocenters. The minimum Gasteiger partial charge on any atom is -0.385 e. The van der Waals surface area contributed by atoms with Crippen LogP contribution in [0.3, 0.4) is 0 Å². The van der Waals surface area contributed by atoms with Crippen LogP contribution < -0.4 is 5.32 Å². The molecule has 1 rings (SSSR count). The van der Waals surface area contributed by atoms with Crippen molar-refractivity contribution in [3.05, 3.63) is 29.3 Å². The fraction of sp³-hybridized carbons (Fsp3) is 0.533. The maximum absolute atomic E-state index is 8.61. The van der Waals surface area contributed by atoms with Gasteiger partial charge in [-0.15, -0.1) is 0 Å². The highest BCUT2D eigenvalue weighted by Gasteiger charge is 2.16. The number of hydrogen-bond donors (Lipinski definition) is 1. The van der Waals surface area contributed by atoms with E-state index in [1.165, 1.54) is 11.1 Å². The third-order valence-corrected chi connectivity index (χ3v) is 3.19. The van der Waals surface area contributed by atoms with Gasteiger partial charge in [0.05, 0.1) is 6.07 Å². The predicted octanol–water partition coefficient (Wildman–Crippen LogP) is 4.05. The lowest BCUT2D eigenvalue weighted by atomic mass is 9.88. The number of anilines is 1. The first kappa shape index (κ1) is 13.6. The first-order chi connectivity index (χ1) is 7.94. The molecule has 0 radical (unpaired) electrons. The molecule has 0 amide bonds. The van der Waals surface area contributed by atoms with Gasteiger partial charge in [0.1, 0.15) is 0 Å². The quantitative estimate of drug-likeness (QED) is 0.828. The number of hydrogen-bond acceptors (Lipinski definition) is 2. The van der Waals surface area contributed by atoms with Crippen LogP contribution in [-0.4, -0.2) is 6.54 Å². The Bertz CT molecular complexity index is 413. The van der Waals surface area contributed by atoms with Gasteiger partial charge < -0.3 is 5.32 Å². The summed E-state index contributed by atoms with van der Waals surface area (Å²) in [5.74, 6) is 0. The molecule has 2 heteroatoms. The highest BCUT2D eigenvalue weighted by atomic mass is 14.9. The summed E-state index contributed by atoms with van der Waals surface area (Å²) in [6.07, 6.45) is 1.56. The van der Waals surface area contributed by atoms with Crippen LogP contribution in [-0.2, 0) is 0 Å². The van der Waals surface area contributed by atoms with Gasteiger partial charge in [0.15, 0.2) is 0 Å². The molecule has 0 aliphatic carbocycles.